The van der Waals surface area contributed by atoms with E-state index in [9.17, 15) is 19.2 Å². The van der Waals surface area contributed by atoms with Gasteiger partial charge in [0, 0.05) is 31.2 Å². The molecule has 0 saturated carbocycles. The summed E-state index contributed by atoms with van der Waals surface area (Å²) in [6.45, 7) is 7.77. The highest BCUT2D eigenvalue weighted by molar-refractivity contribution is 6.32. The molecule has 12 heteroatoms. The molecule has 4 rings (SSSR count). The molecule has 0 aliphatic rings. The molecule has 4 aromatic rings. The van der Waals surface area contributed by atoms with Crippen LogP contribution in [-0.2, 0) is 19.1 Å². The highest BCUT2D eigenvalue weighted by Crippen LogP contribution is 2.27. The summed E-state index contributed by atoms with van der Waals surface area (Å²) in [4.78, 5) is 51.8. The van der Waals surface area contributed by atoms with Gasteiger partial charge in [-0.3, -0.25) is 4.99 Å². The van der Waals surface area contributed by atoms with Crippen LogP contribution in [0.3, 0.4) is 0 Å². The monoisotopic (exact) mass is 711 g/mol. The van der Waals surface area contributed by atoms with Gasteiger partial charge >= 0.3 is 23.9 Å². The van der Waals surface area contributed by atoms with E-state index in [1.807, 2.05) is 0 Å². The van der Waals surface area contributed by atoms with Crippen LogP contribution in [0.25, 0.3) is 0 Å². The van der Waals surface area contributed by atoms with Gasteiger partial charge in [0.1, 0.15) is 23.0 Å². The molecule has 51 heavy (non-hydrogen) atoms. The Bertz CT molecular complexity index is 1850. The lowest BCUT2D eigenvalue weighted by Crippen LogP contribution is -2.09. The predicted molar refractivity (Wildman–Crippen MR) is 190 cm³/mol. The van der Waals surface area contributed by atoms with Gasteiger partial charge < -0.3 is 28.4 Å². The first-order valence-electron chi connectivity index (χ1n) is 15.7. The van der Waals surface area contributed by atoms with Crippen LogP contribution >= 0.6 is 11.6 Å². The molecular weight excluding hydrogens is 678 g/mol. The van der Waals surface area contributed by atoms with Crippen molar-refractivity contribution in [3.8, 4) is 23.0 Å². The minimum atomic E-state index is -0.592. The molecule has 0 aromatic heterocycles. The van der Waals surface area contributed by atoms with E-state index in [2.05, 4.69) is 18.2 Å². The van der Waals surface area contributed by atoms with Crippen LogP contribution in [0.5, 0.6) is 23.0 Å². The molecular formula is C39H34ClNO10. The molecule has 11 nitrogen and oxygen atoms in total. The molecule has 0 spiro atoms. The van der Waals surface area contributed by atoms with E-state index in [-0.39, 0.29) is 24.0 Å². The number of hydrogen-bond donors (Lipinski definition) is 0. The standard InChI is InChI=1S/C39H34ClNO10/c1-3-36(42)48-23-5-21-46-31-14-8-28(9-15-31)38(44)50-33-18-12-30(13-19-33)41-26-27-7-20-35(34(40)25-27)51-39(45)29-10-16-32(17-11-29)47-22-6-24-49-37(43)4-2/h3-4,7-20,25-26H,1-2,5-6,21-24H2/b41-26+. The lowest BCUT2D eigenvalue weighted by atomic mass is 10.2. The number of benzene rings is 4. The second kappa shape index (κ2) is 19.7. The average Bonchev–Trinajstić information content (AvgIpc) is 3.15. The summed E-state index contributed by atoms with van der Waals surface area (Å²) in [5, 5.41) is 0.220. The van der Waals surface area contributed by atoms with Crippen LogP contribution in [0, 0.1) is 0 Å². The first kappa shape index (κ1) is 37.6. The number of nitrogens with zero attached hydrogens (tertiary/aromatic N) is 1. The third kappa shape index (κ3) is 12.6. The Hall–Kier alpha value is -6.20. The Morgan fingerprint density at radius 2 is 1.10 bits per heavy atom. The van der Waals surface area contributed by atoms with Crippen molar-refractivity contribution in [2.24, 2.45) is 4.99 Å². The lowest BCUT2D eigenvalue weighted by molar-refractivity contribution is -0.138. The Balaban J connectivity index is 1.21. The smallest absolute Gasteiger partial charge is 0.343 e. The summed E-state index contributed by atoms with van der Waals surface area (Å²) >= 11 is 6.39. The summed E-state index contributed by atoms with van der Waals surface area (Å²) in [5.41, 5.74) is 1.92. The van der Waals surface area contributed by atoms with Crippen LogP contribution in [-0.4, -0.2) is 56.5 Å². The van der Waals surface area contributed by atoms with Crippen molar-refractivity contribution >= 4 is 47.4 Å². The molecule has 0 amide bonds. The zero-order valence-corrected chi connectivity index (χ0v) is 28.2. The van der Waals surface area contributed by atoms with E-state index in [0.29, 0.717) is 65.7 Å². The number of hydrogen-bond acceptors (Lipinski definition) is 11. The molecule has 262 valence electrons. The third-order valence-corrected chi connectivity index (χ3v) is 6.98. The predicted octanol–water partition coefficient (Wildman–Crippen LogP) is 7.53. The Morgan fingerprint density at radius 1 is 0.608 bits per heavy atom. The highest BCUT2D eigenvalue weighted by atomic mass is 35.5. The van der Waals surface area contributed by atoms with Crippen LogP contribution in [0.2, 0.25) is 5.02 Å². The van der Waals surface area contributed by atoms with Crippen molar-refractivity contribution in [3.63, 3.8) is 0 Å². The summed E-state index contributed by atoms with van der Waals surface area (Å²) < 4.78 is 31.9. The normalized spacial score (nSPS) is 10.5. The molecule has 0 saturated heterocycles. The van der Waals surface area contributed by atoms with E-state index in [1.54, 1.807) is 97.2 Å². The number of rotatable bonds is 18. The van der Waals surface area contributed by atoms with Crippen molar-refractivity contribution in [2.45, 2.75) is 12.8 Å². The van der Waals surface area contributed by atoms with Gasteiger partial charge in [0.2, 0.25) is 0 Å². The summed E-state index contributed by atoms with van der Waals surface area (Å²) in [6.07, 6.45) is 4.81. The first-order valence-corrected chi connectivity index (χ1v) is 16.0. The average molecular weight is 712 g/mol. The molecule has 0 radical (unpaired) electrons. The van der Waals surface area contributed by atoms with E-state index < -0.39 is 23.9 Å². The van der Waals surface area contributed by atoms with Gasteiger partial charge in [0.15, 0.2) is 0 Å². The number of carbonyl (C=O) groups is 4. The van der Waals surface area contributed by atoms with Gasteiger partial charge in [-0.15, -0.1) is 0 Å². The second-order valence-corrected chi connectivity index (χ2v) is 10.8. The summed E-state index contributed by atoms with van der Waals surface area (Å²) in [7, 11) is 0. The van der Waals surface area contributed by atoms with Crippen molar-refractivity contribution in [1.29, 1.82) is 0 Å². The second-order valence-electron chi connectivity index (χ2n) is 10.4. The van der Waals surface area contributed by atoms with E-state index in [4.69, 9.17) is 40.0 Å². The van der Waals surface area contributed by atoms with E-state index in [1.165, 1.54) is 0 Å². The number of halogens is 1. The van der Waals surface area contributed by atoms with Crippen molar-refractivity contribution in [1.82, 2.24) is 0 Å². The Kier molecular flexibility index (Phi) is 14.5. The minimum Gasteiger partial charge on any atom is -0.493 e. The SMILES string of the molecule is C=CC(=O)OCCCOc1ccc(C(=O)Oc2ccc(/N=C/c3ccc(OC(=O)c4ccc(OCCCOC(=O)C=C)cc4)c(Cl)c3)cc2)cc1. The van der Waals surface area contributed by atoms with Crippen molar-refractivity contribution in [3.05, 3.63) is 138 Å². The largest absolute Gasteiger partial charge is 0.493 e. The zero-order valence-electron chi connectivity index (χ0n) is 27.5. The van der Waals surface area contributed by atoms with Gasteiger partial charge in [-0.25, -0.2) is 19.2 Å². The lowest BCUT2D eigenvalue weighted by Gasteiger charge is -2.09. The topological polar surface area (TPSA) is 136 Å². The fourth-order valence-corrected chi connectivity index (χ4v) is 4.32. The van der Waals surface area contributed by atoms with Crippen LogP contribution in [0.15, 0.2) is 121 Å². The summed E-state index contributed by atoms with van der Waals surface area (Å²) in [5.74, 6) is -0.457. The van der Waals surface area contributed by atoms with Crippen LogP contribution in [0.1, 0.15) is 39.1 Å². The van der Waals surface area contributed by atoms with Crippen molar-refractivity contribution < 1.29 is 47.6 Å². The quantitative estimate of drug-likeness (QED) is 0.0335. The molecule has 0 atom stereocenters. The van der Waals surface area contributed by atoms with Crippen molar-refractivity contribution in [2.75, 3.05) is 26.4 Å². The third-order valence-electron chi connectivity index (χ3n) is 6.69. The van der Waals surface area contributed by atoms with Gasteiger partial charge in [-0.1, -0.05) is 24.8 Å². The number of carbonyl (C=O) groups excluding carboxylic acids is 4. The first-order chi connectivity index (χ1) is 24.7. The molecule has 0 bridgehead atoms. The molecule has 0 N–H and O–H groups in total. The fraction of sp³-hybridized carbons (Fsp3) is 0.154. The molecule has 0 aliphatic carbocycles. The van der Waals surface area contributed by atoms with Gasteiger partial charge in [-0.2, -0.15) is 0 Å². The molecule has 0 heterocycles. The van der Waals surface area contributed by atoms with E-state index >= 15 is 0 Å². The minimum absolute atomic E-state index is 0.185. The molecule has 0 aliphatic heterocycles. The molecule has 0 unspecified atom stereocenters. The highest BCUT2D eigenvalue weighted by Gasteiger charge is 2.13. The number of ether oxygens (including phenoxy) is 6. The maximum absolute atomic E-state index is 12.7. The van der Waals surface area contributed by atoms with Gasteiger partial charge in [-0.05, 0) is 96.6 Å². The number of aliphatic imine (C=N–C) groups is 1. The Labute approximate surface area is 299 Å². The zero-order chi connectivity index (χ0) is 36.4. The van der Waals surface area contributed by atoms with E-state index in [0.717, 1.165) is 12.2 Å². The molecule has 4 aromatic carbocycles. The van der Waals surface area contributed by atoms with Gasteiger partial charge in [0.25, 0.3) is 0 Å². The Morgan fingerprint density at radius 3 is 1.59 bits per heavy atom. The van der Waals surface area contributed by atoms with Gasteiger partial charge in [0.05, 0.1) is 48.3 Å². The maximum atomic E-state index is 12.7. The molecule has 0 fully saturated rings. The fourth-order valence-electron chi connectivity index (χ4n) is 4.09. The van der Waals surface area contributed by atoms with Crippen LogP contribution < -0.4 is 18.9 Å². The summed E-state index contributed by atoms with van der Waals surface area (Å²) in [6, 6.07) is 24.4. The van der Waals surface area contributed by atoms with Crippen LogP contribution in [0.4, 0.5) is 5.69 Å². The number of esters is 4. The maximum Gasteiger partial charge on any atom is 0.343 e.